The lowest BCUT2D eigenvalue weighted by atomic mass is 10.0. The highest BCUT2D eigenvalue weighted by molar-refractivity contribution is 6.31. The van der Waals surface area contributed by atoms with Crippen LogP contribution in [0.4, 0.5) is 0 Å². The van der Waals surface area contributed by atoms with Gasteiger partial charge in [-0.1, -0.05) is 54.1 Å². The minimum absolute atomic E-state index is 0.104. The van der Waals surface area contributed by atoms with E-state index < -0.39 is 0 Å². The topological polar surface area (TPSA) is 96.1 Å². The first kappa shape index (κ1) is 26.3. The first-order chi connectivity index (χ1) is 19.1. The van der Waals surface area contributed by atoms with E-state index in [0.717, 1.165) is 32.9 Å². The number of H-pyrrole nitrogens is 1. The van der Waals surface area contributed by atoms with Crippen molar-refractivity contribution in [2.75, 3.05) is 13.2 Å². The molecule has 2 amide bonds. The summed E-state index contributed by atoms with van der Waals surface area (Å²) in [5.41, 5.74) is 3.81. The van der Waals surface area contributed by atoms with E-state index in [2.05, 4.69) is 20.6 Å². The van der Waals surface area contributed by atoms with Gasteiger partial charge in [0.2, 0.25) is 5.91 Å². The van der Waals surface area contributed by atoms with Crippen molar-refractivity contribution in [3.63, 3.8) is 0 Å². The lowest BCUT2D eigenvalue weighted by Gasteiger charge is -2.20. The molecule has 0 aliphatic carbocycles. The maximum atomic E-state index is 13.0. The molecule has 0 aliphatic rings. The molecular weight excluding hydrogens is 512 g/mol. The van der Waals surface area contributed by atoms with Crippen molar-refractivity contribution in [3.8, 4) is 5.75 Å². The lowest BCUT2D eigenvalue weighted by Crippen LogP contribution is -2.46. The van der Waals surface area contributed by atoms with Gasteiger partial charge in [-0.3, -0.25) is 14.6 Å². The van der Waals surface area contributed by atoms with Crippen molar-refractivity contribution in [1.82, 2.24) is 20.6 Å². The van der Waals surface area contributed by atoms with E-state index in [1.54, 1.807) is 6.20 Å². The Balaban J connectivity index is 1.23. The van der Waals surface area contributed by atoms with Crippen molar-refractivity contribution in [2.24, 2.45) is 0 Å². The Morgan fingerprint density at radius 3 is 2.62 bits per heavy atom. The van der Waals surface area contributed by atoms with Crippen molar-refractivity contribution in [1.29, 1.82) is 0 Å². The van der Waals surface area contributed by atoms with E-state index in [4.69, 9.17) is 16.3 Å². The molecule has 0 spiro atoms. The van der Waals surface area contributed by atoms with E-state index in [1.807, 2.05) is 85.1 Å². The van der Waals surface area contributed by atoms with Crippen molar-refractivity contribution < 1.29 is 14.3 Å². The number of ether oxygens (including phenoxy) is 1. The third-order valence-corrected chi connectivity index (χ3v) is 6.96. The number of benzene rings is 3. The second-order valence-corrected chi connectivity index (χ2v) is 9.75. The van der Waals surface area contributed by atoms with Crippen LogP contribution in [0.25, 0.3) is 21.8 Å². The monoisotopic (exact) mass is 540 g/mol. The van der Waals surface area contributed by atoms with Gasteiger partial charge in [0.15, 0.2) is 6.61 Å². The molecule has 2 heterocycles. The molecular formula is C31H29ClN4O3. The van der Waals surface area contributed by atoms with Gasteiger partial charge in [-0.2, -0.15) is 0 Å². The number of pyridine rings is 1. The fraction of sp³-hybridized carbons (Fsp3) is 0.194. The van der Waals surface area contributed by atoms with Gasteiger partial charge in [-0.15, -0.1) is 0 Å². The molecule has 0 saturated heterocycles. The summed E-state index contributed by atoms with van der Waals surface area (Å²) in [5, 5.41) is 8.60. The number of carbonyl (C=O) groups excluding carboxylic acids is 2. The number of nitrogens with one attached hydrogen (secondary N) is 3. The molecule has 1 atom stereocenters. The number of aryl methyl sites for hydroxylation is 1. The van der Waals surface area contributed by atoms with Gasteiger partial charge < -0.3 is 20.4 Å². The van der Waals surface area contributed by atoms with Crippen LogP contribution in [-0.2, 0) is 22.4 Å². The Hall–Kier alpha value is -4.36. The molecule has 0 bridgehead atoms. The van der Waals surface area contributed by atoms with Gasteiger partial charge >= 0.3 is 0 Å². The average Bonchev–Trinajstić information content (AvgIpc) is 3.37. The fourth-order valence-electron chi connectivity index (χ4n) is 4.63. The summed E-state index contributed by atoms with van der Waals surface area (Å²) in [6.45, 7) is 0.129. The first-order valence-corrected chi connectivity index (χ1v) is 13.3. The van der Waals surface area contributed by atoms with E-state index in [-0.39, 0.29) is 31.0 Å². The number of fused-ring (bicyclic) bond motifs is 2. The zero-order valence-electron chi connectivity index (χ0n) is 21.3. The van der Waals surface area contributed by atoms with Crippen molar-refractivity contribution >= 4 is 45.2 Å². The predicted molar refractivity (Wildman–Crippen MR) is 154 cm³/mol. The molecule has 7 nitrogen and oxygen atoms in total. The summed E-state index contributed by atoms with van der Waals surface area (Å²) in [7, 11) is 0. The van der Waals surface area contributed by atoms with Gasteiger partial charge in [-0.25, -0.2) is 0 Å². The first-order valence-electron chi connectivity index (χ1n) is 12.9. The van der Waals surface area contributed by atoms with Crippen LogP contribution in [0.2, 0.25) is 5.02 Å². The Morgan fingerprint density at radius 2 is 1.72 bits per heavy atom. The fourth-order valence-corrected chi connectivity index (χ4v) is 4.86. The summed E-state index contributed by atoms with van der Waals surface area (Å²) in [6, 6.07) is 24.5. The van der Waals surface area contributed by atoms with Crippen LogP contribution < -0.4 is 15.4 Å². The highest BCUT2D eigenvalue weighted by atomic mass is 35.5. The maximum absolute atomic E-state index is 13.0. The van der Waals surface area contributed by atoms with Crippen LogP contribution in [0.5, 0.6) is 5.75 Å². The molecule has 0 saturated carbocycles. The molecule has 1 unspecified atom stereocenters. The predicted octanol–water partition coefficient (Wildman–Crippen LogP) is 5.22. The van der Waals surface area contributed by atoms with Crippen LogP contribution in [0.3, 0.4) is 0 Å². The second-order valence-electron chi connectivity index (χ2n) is 9.34. The Kier molecular flexibility index (Phi) is 8.39. The number of halogens is 1. The minimum atomic E-state index is -0.334. The van der Waals surface area contributed by atoms with E-state index >= 15 is 0 Å². The molecule has 3 N–H and O–H groups in total. The highest BCUT2D eigenvalue weighted by Gasteiger charge is 2.18. The Labute approximate surface area is 231 Å². The molecule has 3 aromatic carbocycles. The second kappa shape index (κ2) is 12.5. The Morgan fingerprint density at radius 1 is 0.897 bits per heavy atom. The summed E-state index contributed by atoms with van der Waals surface area (Å²) < 4.78 is 5.85. The van der Waals surface area contributed by atoms with Crippen LogP contribution >= 0.6 is 11.6 Å². The number of aromatic nitrogens is 2. The molecule has 198 valence electrons. The molecule has 8 heteroatoms. The van der Waals surface area contributed by atoms with Gasteiger partial charge in [0.05, 0.1) is 11.6 Å². The molecule has 5 rings (SSSR count). The van der Waals surface area contributed by atoms with Gasteiger partial charge in [0, 0.05) is 46.7 Å². The summed E-state index contributed by atoms with van der Waals surface area (Å²) in [6.07, 6.45) is 5.05. The van der Waals surface area contributed by atoms with E-state index in [0.29, 0.717) is 30.0 Å². The van der Waals surface area contributed by atoms with Crippen molar-refractivity contribution in [3.05, 3.63) is 107 Å². The van der Waals surface area contributed by atoms with Crippen molar-refractivity contribution in [2.45, 2.75) is 25.3 Å². The number of carbonyl (C=O) groups is 2. The Bertz CT molecular complexity index is 1590. The SMILES string of the molecule is O=C(CCc1ccccc1Cl)NCC(Cc1c[nH]c2ccccc12)NC(=O)COc1cccc2ncccc12. The summed E-state index contributed by atoms with van der Waals surface area (Å²) in [4.78, 5) is 33.2. The highest BCUT2D eigenvalue weighted by Crippen LogP contribution is 2.24. The molecule has 0 fully saturated rings. The van der Waals surface area contributed by atoms with Crippen LogP contribution in [-0.4, -0.2) is 41.0 Å². The molecule has 0 aliphatic heterocycles. The quantitative estimate of drug-likeness (QED) is 0.214. The standard InChI is InChI=1S/C31H29ClN4O3/c32-26-10-3-1-7-21(26)14-15-30(37)35-19-23(17-22-18-34-27-11-4-2-8-24(22)27)36-31(38)20-39-29-13-5-12-28-25(29)9-6-16-33-28/h1-13,16,18,23,34H,14-15,17,19-20H2,(H,35,37)(H,36,38). The number of rotatable bonds is 11. The molecule has 0 radical (unpaired) electrons. The molecule has 2 aromatic heterocycles. The third kappa shape index (κ3) is 6.75. The molecule has 39 heavy (non-hydrogen) atoms. The van der Waals surface area contributed by atoms with E-state index in [9.17, 15) is 9.59 Å². The van der Waals surface area contributed by atoms with Crippen LogP contribution in [0.1, 0.15) is 17.5 Å². The van der Waals surface area contributed by atoms with Crippen LogP contribution in [0, 0.1) is 0 Å². The maximum Gasteiger partial charge on any atom is 0.258 e. The van der Waals surface area contributed by atoms with Gasteiger partial charge in [0.25, 0.3) is 5.91 Å². The zero-order valence-corrected chi connectivity index (χ0v) is 22.1. The molecule has 5 aromatic rings. The largest absolute Gasteiger partial charge is 0.483 e. The lowest BCUT2D eigenvalue weighted by molar-refractivity contribution is -0.125. The van der Waals surface area contributed by atoms with Gasteiger partial charge in [-0.05, 0) is 60.4 Å². The number of aromatic amines is 1. The normalized spacial score (nSPS) is 11.8. The zero-order chi connectivity index (χ0) is 27.0. The third-order valence-electron chi connectivity index (χ3n) is 6.60. The number of nitrogens with zero attached hydrogens (tertiary/aromatic N) is 1. The number of para-hydroxylation sites is 1. The van der Waals surface area contributed by atoms with Crippen LogP contribution in [0.15, 0.2) is 91.3 Å². The number of hydrogen-bond acceptors (Lipinski definition) is 4. The minimum Gasteiger partial charge on any atom is -0.483 e. The summed E-state index contributed by atoms with van der Waals surface area (Å²) >= 11 is 6.23. The number of amides is 2. The number of hydrogen-bond donors (Lipinski definition) is 3. The summed E-state index contributed by atoms with van der Waals surface area (Å²) in [5.74, 6) is 0.218. The average molecular weight is 541 g/mol. The van der Waals surface area contributed by atoms with Gasteiger partial charge in [0.1, 0.15) is 5.75 Å². The van der Waals surface area contributed by atoms with E-state index in [1.165, 1.54) is 0 Å². The smallest absolute Gasteiger partial charge is 0.258 e.